The van der Waals surface area contributed by atoms with Gasteiger partial charge in [0, 0.05) is 40.1 Å². The third-order valence-corrected chi connectivity index (χ3v) is 7.31. The van der Waals surface area contributed by atoms with Crippen LogP contribution in [0.1, 0.15) is 42.5 Å². The van der Waals surface area contributed by atoms with E-state index >= 15 is 0 Å². The lowest BCUT2D eigenvalue weighted by atomic mass is 10.1. The fraction of sp³-hybridized carbons (Fsp3) is 0.407. The van der Waals surface area contributed by atoms with Crippen LogP contribution in [0.15, 0.2) is 23.1 Å². The molecule has 1 aromatic rings. The number of non-ortho nitro benzene ring substituents is 1. The normalized spacial score (nSPS) is 18.2. The molecule has 0 unspecified atom stereocenters. The maximum absolute atomic E-state index is 13.4. The fourth-order valence-corrected chi connectivity index (χ4v) is 4.96. The molecule has 2 rings (SSSR count). The van der Waals surface area contributed by atoms with Crippen molar-refractivity contribution < 1.29 is 54.2 Å². The van der Waals surface area contributed by atoms with Gasteiger partial charge in [-0.05, 0) is 37.7 Å². The van der Waals surface area contributed by atoms with Crippen molar-refractivity contribution in [2.24, 2.45) is 5.73 Å². The van der Waals surface area contributed by atoms with Crippen molar-refractivity contribution >= 4 is 53.0 Å². The predicted molar refractivity (Wildman–Crippen MR) is 157 cm³/mol. The summed E-state index contributed by atoms with van der Waals surface area (Å²) >= 11 is 0.896. The Morgan fingerprint density at radius 1 is 1.15 bits per heavy atom. The lowest BCUT2D eigenvalue weighted by Crippen LogP contribution is -2.82. The third kappa shape index (κ3) is 12.7. The van der Waals surface area contributed by atoms with E-state index < -0.39 is 77.2 Å². The zero-order valence-electron chi connectivity index (χ0n) is 24.2. The zero-order valence-corrected chi connectivity index (χ0v) is 25.1. The van der Waals surface area contributed by atoms with Gasteiger partial charge in [-0.25, -0.2) is 4.89 Å². The lowest BCUT2D eigenvalue weighted by Gasteiger charge is -2.24. The second kappa shape index (κ2) is 19.1. The Hall–Kier alpha value is -5.37. The number of thioether (sulfide) groups is 1. The second-order valence-corrected chi connectivity index (χ2v) is 10.6. The van der Waals surface area contributed by atoms with Gasteiger partial charge in [0.25, 0.3) is 11.6 Å². The summed E-state index contributed by atoms with van der Waals surface area (Å²) in [5.74, 6) is -1.52. The minimum absolute atomic E-state index is 0.0396. The number of carbonyl (C=O) groups is 6. The number of hydrogen-bond acceptors (Lipinski definition) is 11. The number of terminal acetylenes is 1. The molecule has 3 atom stereocenters. The SMILES string of the molecule is C#CC#COO[NH2+]CCCC[C@@H]1NC(=O)[C@H](CCC(=O)O)NC(=O)c2cc([N+](=O)[O-])ccc2SC[C@@H](C(=O)NCC(N)=O)NC1=O. The van der Waals surface area contributed by atoms with Crippen LogP contribution in [0.2, 0.25) is 0 Å². The first-order valence-corrected chi connectivity index (χ1v) is 14.6. The van der Waals surface area contributed by atoms with Crippen molar-refractivity contribution in [1.82, 2.24) is 21.3 Å². The number of nitrogens with zero attached hydrogens (tertiary/aromatic N) is 1. The Morgan fingerprint density at radius 3 is 2.54 bits per heavy atom. The van der Waals surface area contributed by atoms with Crippen LogP contribution in [-0.4, -0.2) is 82.5 Å². The summed E-state index contributed by atoms with van der Waals surface area (Å²) in [4.78, 5) is 95.7. The minimum atomic E-state index is -1.45. The van der Waals surface area contributed by atoms with Gasteiger partial charge < -0.3 is 32.1 Å². The molecule has 0 radical (unpaired) electrons. The molecular formula is C27H32N7O11S+. The Morgan fingerprint density at radius 2 is 1.87 bits per heavy atom. The number of hydrogen-bond donors (Lipinski definition) is 7. The molecule has 0 saturated carbocycles. The topological polar surface area (TPSA) is 275 Å². The molecule has 9 N–H and O–H groups in total. The number of carbonyl (C=O) groups excluding carboxylic acids is 5. The number of nitrogens with two attached hydrogens (primary N) is 2. The van der Waals surface area contributed by atoms with E-state index in [1.807, 2.05) is 5.92 Å². The number of nitro benzene ring substituents is 1. The number of nitrogens with one attached hydrogen (secondary N) is 4. The predicted octanol–water partition coefficient (Wildman–Crippen LogP) is -2.57. The summed E-state index contributed by atoms with van der Waals surface area (Å²) in [7, 11) is 0. The number of fused-ring (bicyclic) bond motifs is 1. The van der Waals surface area contributed by atoms with Gasteiger partial charge in [0.05, 0.1) is 17.0 Å². The number of nitro groups is 1. The summed E-state index contributed by atoms with van der Waals surface area (Å²) in [6.45, 7) is -0.195. The van der Waals surface area contributed by atoms with Crippen molar-refractivity contribution in [3.63, 3.8) is 0 Å². The van der Waals surface area contributed by atoms with E-state index in [4.69, 9.17) is 17.1 Å². The van der Waals surface area contributed by atoms with Crippen LogP contribution < -0.4 is 32.5 Å². The standard InChI is InChI=1S/C27H31N7O11S/c1-2-3-12-44-45-30-11-5-4-6-18-26(40)33-20(25(39)29-14-22(28)35)15-46-21-9-7-16(34(42)43)13-17(21)24(38)31-19(27(41)32-18)8-10-23(36)37/h1,7,9,13,18-20,30H,4-6,8,10-11,14-15H2,(H2,28,35)(H,29,39)(H,31,38)(H,32,41)(H,33,40)(H,36,37)/p+1/t18-,19-,20-/m0/s1. The molecule has 0 aromatic heterocycles. The van der Waals surface area contributed by atoms with Gasteiger partial charge in [-0.3, -0.25) is 38.9 Å². The number of carboxylic acids is 1. The van der Waals surface area contributed by atoms with E-state index in [0.29, 0.717) is 19.4 Å². The van der Waals surface area contributed by atoms with E-state index in [1.54, 1.807) is 0 Å². The smallest absolute Gasteiger partial charge is 0.303 e. The van der Waals surface area contributed by atoms with Crippen LogP contribution in [0.25, 0.3) is 0 Å². The molecule has 0 aliphatic carbocycles. The average molecular weight is 663 g/mol. The largest absolute Gasteiger partial charge is 0.481 e. The van der Waals surface area contributed by atoms with Gasteiger partial charge in [-0.2, -0.15) is 5.48 Å². The van der Waals surface area contributed by atoms with E-state index in [-0.39, 0.29) is 29.1 Å². The molecule has 18 nitrogen and oxygen atoms in total. The molecule has 19 heteroatoms. The Kier molecular flexibility index (Phi) is 15.3. The molecule has 0 saturated heterocycles. The van der Waals surface area contributed by atoms with Crippen molar-refractivity contribution in [2.75, 3.05) is 18.8 Å². The Labute approximate surface area is 266 Å². The number of aliphatic carboxylic acids is 1. The van der Waals surface area contributed by atoms with Crippen LogP contribution in [0.4, 0.5) is 5.69 Å². The summed E-state index contributed by atoms with van der Waals surface area (Å²) in [5.41, 5.74) is 5.75. The Balaban J connectivity index is 2.39. The number of rotatable bonds is 14. The van der Waals surface area contributed by atoms with Crippen LogP contribution >= 0.6 is 11.8 Å². The summed E-state index contributed by atoms with van der Waals surface area (Å²) < 4.78 is 0. The number of quaternary nitrogens is 1. The van der Waals surface area contributed by atoms with Crippen LogP contribution in [0, 0.1) is 34.5 Å². The van der Waals surface area contributed by atoms with Crippen LogP contribution in [0.5, 0.6) is 0 Å². The molecule has 1 heterocycles. The molecule has 0 fully saturated rings. The molecule has 0 spiro atoms. The highest BCUT2D eigenvalue weighted by atomic mass is 32.2. The highest BCUT2D eigenvalue weighted by Crippen LogP contribution is 2.28. The number of carboxylic acid groups (broad SMARTS) is 1. The van der Waals surface area contributed by atoms with Crippen molar-refractivity contribution in [2.45, 2.75) is 55.1 Å². The molecule has 1 aliphatic rings. The summed E-state index contributed by atoms with van der Waals surface area (Å²) in [6, 6.07) is -0.651. The number of primary amides is 1. The molecule has 246 valence electrons. The van der Waals surface area contributed by atoms with Gasteiger partial charge >= 0.3 is 5.97 Å². The maximum atomic E-state index is 13.4. The minimum Gasteiger partial charge on any atom is -0.481 e. The molecule has 5 amide bonds. The first-order chi connectivity index (χ1) is 21.9. The van der Waals surface area contributed by atoms with Gasteiger partial charge in [0.15, 0.2) is 6.11 Å². The highest BCUT2D eigenvalue weighted by Gasteiger charge is 2.32. The average Bonchev–Trinajstić information content (AvgIpc) is 3.01. The van der Waals surface area contributed by atoms with E-state index in [1.165, 1.54) is 11.5 Å². The highest BCUT2D eigenvalue weighted by molar-refractivity contribution is 7.99. The first-order valence-electron chi connectivity index (χ1n) is 13.6. The van der Waals surface area contributed by atoms with Gasteiger partial charge in [0.1, 0.15) is 24.7 Å². The zero-order chi connectivity index (χ0) is 34.1. The number of hydroxylamine groups is 1. The van der Waals surface area contributed by atoms with E-state index in [9.17, 15) is 44.0 Å². The van der Waals surface area contributed by atoms with Crippen LogP contribution in [0.3, 0.4) is 0 Å². The molecular weight excluding hydrogens is 630 g/mol. The Bertz CT molecular complexity index is 1440. The molecule has 0 bridgehead atoms. The van der Waals surface area contributed by atoms with E-state index in [0.717, 1.165) is 23.9 Å². The van der Waals surface area contributed by atoms with Crippen molar-refractivity contribution in [1.29, 1.82) is 0 Å². The second-order valence-electron chi connectivity index (χ2n) is 9.52. The van der Waals surface area contributed by atoms with Gasteiger partial charge in [-0.1, -0.05) is 0 Å². The summed E-state index contributed by atoms with van der Waals surface area (Å²) in [6.07, 6.45) is 6.97. The van der Waals surface area contributed by atoms with Gasteiger partial charge in [0.2, 0.25) is 23.6 Å². The molecule has 1 aliphatic heterocycles. The first kappa shape index (κ1) is 36.8. The third-order valence-electron chi connectivity index (χ3n) is 6.14. The number of benzene rings is 1. The monoisotopic (exact) mass is 662 g/mol. The maximum Gasteiger partial charge on any atom is 0.303 e. The quantitative estimate of drug-likeness (QED) is 0.0356. The lowest BCUT2D eigenvalue weighted by molar-refractivity contribution is -0.960. The fourth-order valence-electron chi connectivity index (χ4n) is 3.91. The molecule has 1 aromatic carbocycles. The van der Waals surface area contributed by atoms with E-state index in [2.05, 4.69) is 38.2 Å². The van der Waals surface area contributed by atoms with Crippen LogP contribution in [-0.2, 0) is 33.8 Å². The van der Waals surface area contributed by atoms with Crippen molar-refractivity contribution in [3.8, 4) is 24.4 Å². The molecule has 46 heavy (non-hydrogen) atoms. The number of amides is 5. The van der Waals surface area contributed by atoms with Gasteiger partial charge in [-0.15, -0.1) is 18.2 Å². The summed E-state index contributed by atoms with van der Waals surface area (Å²) in [5, 5.41) is 30.4. The van der Waals surface area contributed by atoms with Crippen molar-refractivity contribution in [3.05, 3.63) is 33.9 Å². The number of unbranched alkanes of at least 4 members (excludes halogenated alkanes) is 1.